The van der Waals surface area contributed by atoms with E-state index in [1.54, 1.807) is 5.30 Å². The smallest absolute Gasteiger partial charge is 0.00404 e. The normalized spacial score (nSPS) is 22.9. The summed E-state index contributed by atoms with van der Waals surface area (Å²) < 4.78 is 0. The van der Waals surface area contributed by atoms with E-state index in [4.69, 9.17) is 0 Å². The summed E-state index contributed by atoms with van der Waals surface area (Å²) in [6.07, 6.45) is 4.29. The fourth-order valence-electron chi connectivity index (χ4n) is 1.68. The maximum absolute atomic E-state index is 2.41. The van der Waals surface area contributed by atoms with Gasteiger partial charge in [-0.1, -0.05) is 25.5 Å². The Morgan fingerprint density at radius 1 is 1.50 bits per heavy atom. The fourth-order valence-corrected chi connectivity index (χ4v) is 2.85. The van der Waals surface area contributed by atoms with Crippen molar-refractivity contribution < 1.29 is 0 Å². The van der Waals surface area contributed by atoms with Crippen molar-refractivity contribution in [3.63, 3.8) is 0 Å². The van der Waals surface area contributed by atoms with Crippen LogP contribution in [0.2, 0.25) is 0 Å². The van der Waals surface area contributed by atoms with Crippen LogP contribution < -0.4 is 0 Å². The summed E-state index contributed by atoms with van der Waals surface area (Å²) in [4.78, 5) is 0. The van der Waals surface area contributed by atoms with Gasteiger partial charge in [0.2, 0.25) is 0 Å². The molecule has 1 aromatic rings. The largest absolute Gasteiger partial charge is 0.136 e. The Balaban J connectivity index is 2.27. The summed E-state index contributed by atoms with van der Waals surface area (Å²) in [5.41, 5.74) is 0.613. The molecule has 0 N–H and O–H groups in total. The predicted molar refractivity (Wildman–Crippen MR) is 47.1 cm³/mol. The molecule has 0 amide bonds. The monoisotopic (exact) mass is 152 g/mol. The van der Waals surface area contributed by atoms with Gasteiger partial charge in [0, 0.05) is 0 Å². The van der Waals surface area contributed by atoms with Gasteiger partial charge in [-0.05, 0) is 29.4 Å². The van der Waals surface area contributed by atoms with Crippen molar-refractivity contribution in [2.75, 3.05) is 0 Å². The Morgan fingerprint density at radius 2 is 2.30 bits per heavy atom. The van der Waals surface area contributed by atoms with Gasteiger partial charge in [-0.15, -0.1) is 8.19 Å². The fraction of sp³-hybridized carbons (Fsp3) is 0.556. The van der Waals surface area contributed by atoms with E-state index in [1.165, 1.54) is 19.3 Å². The highest BCUT2D eigenvalue weighted by Gasteiger charge is 2.33. The second-order valence-corrected chi connectivity index (χ2v) is 4.66. The summed E-state index contributed by atoms with van der Waals surface area (Å²) in [6.45, 7) is 2.41. The second-order valence-electron chi connectivity index (χ2n) is 3.50. The topological polar surface area (TPSA) is 0 Å². The molecule has 1 heterocycles. The van der Waals surface area contributed by atoms with Crippen molar-refractivity contribution in [1.82, 2.24) is 0 Å². The lowest BCUT2D eigenvalue weighted by Gasteiger charge is -2.38. The van der Waals surface area contributed by atoms with Crippen LogP contribution in [0.25, 0.3) is 0 Å². The van der Waals surface area contributed by atoms with Crippen molar-refractivity contribution in [2.45, 2.75) is 31.6 Å². The Kier molecular flexibility index (Phi) is 1.38. The van der Waals surface area contributed by atoms with E-state index in [1.807, 2.05) is 0 Å². The Hall–Kier alpha value is -0.220. The van der Waals surface area contributed by atoms with Crippen LogP contribution in [-0.2, 0) is 5.41 Å². The SMILES string of the molecule is CC1(c2ccc[pH]2)CCC1. The molecule has 1 heteroatoms. The van der Waals surface area contributed by atoms with Gasteiger partial charge in [-0.25, -0.2) is 0 Å². The maximum Gasteiger partial charge on any atom is -0.00404 e. The van der Waals surface area contributed by atoms with Gasteiger partial charge in [-0.2, -0.15) is 0 Å². The molecule has 1 fully saturated rings. The molecule has 0 bridgehead atoms. The van der Waals surface area contributed by atoms with Crippen LogP contribution >= 0.6 is 8.19 Å². The summed E-state index contributed by atoms with van der Waals surface area (Å²) in [6, 6.07) is 4.52. The first-order valence-corrected chi connectivity index (χ1v) is 5.03. The zero-order chi connectivity index (χ0) is 7.03. The van der Waals surface area contributed by atoms with E-state index >= 15 is 0 Å². The van der Waals surface area contributed by atoms with Crippen molar-refractivity contribution in [1.29, 1.82) is 0 Å². The minimum Gasteiger partial charge on any atom is -0.136 e. The lowest BCUT2D eigenvalue weighted by molar-refractivity contribution is 0.278. The first kappa shape index (κ1) is 6.49. The molecule has 2 rings (SSSR count). The first-order chi connectivity index (χ1) is 4.81. The van der Waals surface area contributed by atoms with Crippen LogP contribution in [0.1, 0.15) is 31.5 Å². The molecule has 0 spiro atoms. The quantitative estimate of drug-likeness (QED) is 0.579. The van der Waals surface area contributed by atoms with Crippen molar-refractivity contribution >= 4 is 8.19 Å². The molecule has 1 unspecified atom stereocenters. The molecule has 0 aliphatic heterocycles. The Bertz CT molecular complexity index is 207. The number of hydrogen-bond acceptors (Lipinski definition) is 0. The third-order valence-electron chi connectivity index (χ3n) is 2.71. The van der Waals surface area contributed by atoms with Crippen molar-refractivity contribution in [3.05, 3.63) is 23.2 Å². The predicted octanol–water partition coefficient (Wildman–Crippen LogP) is 3.16. The van der Waals surface area contributed by atoms with Gasteiger partial charge in [0.1, 0.15) is 0 Å². The molecule has 10 heavy (non-hydrogen) atoms. The highest BCUT2D eigenvalue weighted by molar-refractivity contribution is 7.30. The van der Waals surface area contributed by atoms with Crippen LogP contribution in [0.4, 0.5) is 0 Å². The van der Waals surface area contributed by atoms with Crippen LogP contribution in [0.15, 0.2) is 17.9 Å². The van der Waals surface area contributed by atoms with Crippen LogP contribution in [-0.4, -0.2) is 0 Å². The first-order valence-electron chi connectivity index (χ1n) is 3.95. The van der Waals surface area contributed by atoms with Crippen LogP contribution in [0, 0.1) is 0 Å². The number of hydrogen-bond donors (Lipinski definition) is 0. The third-order valence-corrected chi connectivity index (χ3v) is 4.15. The van der Waals surface area contributed by atoms with Gasteiger partial charge in [0.25, 0.3) is 0 Å². The average molecular weight is 152 g/mol. The summed E-state index contributed by atoms with van der Waals surface area (Å²) in [5.74, 6) is 2.29. The molecule has 1 atom stereocenters. The van der Waals surface area contributed by atoms with E-state index in [9.17, 15) is 0 Å². The molecule has 0 nitrogen and oxygen atoms in total. The molecule has 0 radical (unpaired) electrons. The molecule has 1 aromatic heterocycles. The second kappa shape index (κ2) is 2.13. The molecule has 0 aromatic carbocycles. The highest BCUT2D eigenvalue weighted by atomic mass is 31.0. The van der Waals surface area contributed by atoms with Gasteiger partial charge in [0.15, 0.2) is 0 Å². The minimum atomic E-state index is 0.613. The molecule has 54 valence electrons. The molecule has 1 saturated carbocycles. The molecule has 1 aliphatic rings. The van der Waals surface area contributed by atoms with Crippen molar-refractivity contribution in [3.8, 4) is 0 Å². The highest BCUT2D eigenvalue weighted by Crippen LogP contribution is 2.46. The lowest BCUT2D eigenvalue weighted by Crippen LogP contribution is -2.28. The maximum atomic E-state index is 2.41. The standard InChI is InChI=1S/C9H13P/c1-9(5-3-6-9)8-4-2-7-10-8/h2,4,7,10H,3,5-6H2,1H3. The van der Waals surface area contributed by atoms with Gasteiger partial charge in [-0.3, -0.25) is 0 Å². The lowest BCUT2D eigenvalue weighted by atomic mass is 9.69. The molecular formula is C9H13P. The summed E-state index contributed by atoms with van der Waals surface area (Å²) in [5, 5.41) is 1.69. The molecular weight excluding hydrogens is 139 g/mol. The van der Waals surface area contributed by atoms with Crippen LogP contribution in [0.5, 0.6) is 0 Å². The number of rotatable bonds is 1. The Labute approximate surface area is 63.7 Å². The van der Waals surface area contributed by atoms with Crippen molar-refractivity contribution in [2.24, 2.45) is 0 Å². The third kappa shape index (κ3) is 0.828. The van der Waals surface area contributed by atoms with E-state index < -0.39 is 0 Å². The van der Waals surface area contributed by atoms with E-state index in [-0.39, 0.29) is 0 Å². The van der Waals surface area contributed by atoms with Gasteiger partial charge in [0.05, 0.1) is 0 Å². The average Bonchev–Trinajstić information content (AvgIpc) is 2.33. The van der Waals surface area contributed by atoms with Gasteiger partial charge < -0.3 is 0 Å². The zero-order valence-corrected chi connectivity index (χ0v) is 7.35. The van der Waals surface area contributed by atoms with E-state index in [2.05, 4.69) is 24.9 Å². The summed E-state index contributed by atoms with van der Waals surface area (Å²) in [7, 11) is 0.990. The van der Waals surface area contributed by atoms with Gasteiger partial charge >= 0.3 is 0 Å². The Morgan fingerprint density at radius 3 is 2.70 bits per heavy atom. The molecule has 1 aliphatic carbocycles. The summed E-state index contributed by atoms with van der Waals surface area (Å²) >= 11 is 0. The van der Waals surface area contributed by atoms with E-state index in [0.29, 0.717) is 5.41 Å². The molecule has 0 saturated heterocycles. The zero-order valence-electron chi connectivity index (χ0n) is 6.35. The van der Waals surface area contributed by atoms with E-state index in [0.717, 1.165) is 8.19 Å². The minimum absolute atomic E-state index is 0.613. The van der Waals surface area contributed by atoms with Crippen LogP contribution in [0.3, 0.4) is 0 Å².